The summed E-state index contributed by atoms with van der Waals surface area (Å²) < 4.78 is 5.89. The van der Waals surface area contributed by atoms with Crippen LogP contribution >= 0.6 is 0 Å². The van der Waals surface area contributed by atoms with Crippen LogP contribution < -0.4 is 5.32 Å². The Labute approximate surface area is 389 Å². The molecule has 1 amide bonds. The van der Waals surface area contributed by atoms with E-state index in [0.717, 1.165) is 70.6 Å². The van der Waals surface area contributed by atoms with Gasteiger partial charge in [-0.25, -0.2) is 0 Å². The first kappa shape index (κ1) is 60.0. The highest BCUT2D eigenvalue weighted by Crippen LogP contribution is 2.17. The Morgan fingerprint density at radius 1 is 0.476 bits per heavy atom. The summed E-state index contributed by atoms with van der Waals surface area (Å²) in [6, 6.07) is -0.733. The zero-order valence-electron chi connectivity index (χ0n) is 41.2. The Morgan fingerprint density at radius 2 is 0.889 bits per heavy atom. The van der Waals surface area contributed by atoms with Crippen molar-refractivity contribution in [2.45, 2.75) is 257 Å². The van der Waals surface area contributed by atoms with Crippen molar-refractivity contribution in [3.05, 3.63) is 85.1 Å². The molecule has 3 N–H and O–H groups in total. The number of carbonyl (C=O) groups is 2. The minimum absolute atomic E-state index is 0.0173. The monoisotopic (exact) mass is 878 g/mol. The highest BCUT2D eigenvalue weighted by atomic mass is 16.5. The number of amides is 1. The molecule has 0 rings (SSSR count). The largest absolute Gasteiger partial charge is 0.462 e. The molecule has 0 aromatic rings. The Bertz CT molecular complexity index is 1210. The first-order chi connectivity index (χ1) is 31.0. The van der Waals surface area contributed by atoms with E-state index in [9.17, 15) is 19.8 Å². The number of hydrogen-bond acceptors (Lipinski definition) is 5. The first-order valence-corrected chi connectivity index (χ1v) is 26.4. The molecule has 63 heavy (non-hydrogen) atoms. The van der Waals surface area contributed by atoms with E-state index >= 15 is 0 Å². The number of aliphatic hydroxyl groups excluding tert-OH is 2. The molecule has 0 radical (unpaired) electrons. The summed E-state index contributed by atoms with van der Waals surface area (Å²) >= 11 is 0. The highest BCUT2D eigenvalue weighted by molar-refractivity contribution is 5.77. The van der Waals surface area contributed by atoms with Gasteiger partial charge in [-0.05, 0) is 64.2 Å². The smallest absolute Gasteiger partial charge is 0.306 e. The number of esters is 1. The molecule has 0 spiro atoms. The van der Waals surface area contributed by atoms with E-state index in [1.165, 1.54) is 122 Å². The molecule has 0 aliphatic rings. The van der Waals surface area contributed by atoms with Gasteiger partial charge in [0.2, 0.25) is 5.91 Å². The van der Waals surface area contributed by atoms with E-state index < -0.39 is 18.2 Å². The number of nitrogens with one attached hydrogen (secondary N) is 1. The van der Waals surface area contributed by atoms with Crippen LogP contribution in [0.15, 0.2) is 85.1 Å². The van der Waals surface area contributed by atoms with Gasteiger partial charge in [-0.1, -0.05) is 247 Å². The fourth-order valence-electron chi connectivity index (χ4n) is 7.64. The van der Waals surface area contributed by atoms with Crippen molar-refractivity contribution in [2.75, 3.05) is 6.61 Å². The molecule has 0 fully saturated rings. The van der Waals surface area contributed by atoms with Gasteiger partial charge in [0, 0.05) is 6.42 Å². The summed E-state index contributed by atoms with van der Waals surface area (Å²) in [5, 5.41) is 23.8. The third-order valence-electron chi connectivity index (χ3n) is 11.6. The fourth-order valence-corrected chi connectivity index (χ4v) is 7.64. The summed E-state index contributed by atoms with van der Waals surface area (Å²) in [6.45, 7) is 6.31. The SMILES string of the molecule is CC\C=C/C=C/C=C/C=C\C=C\C=C\CCCC(CC(=O)NC(CO)C(O)CCCCCCCCCCCCCCCCC)OC(=O)CCCCC/C=C\CCCCCCCCC. The van der Waals surface area contributed by atoms with Gasteiger partial charge in [0.25, 0.3) is 0 Å². The maximum absolute atomic E-state index is 13.2. The lowest BCUT2D eigenvalue weighted by molar-refractivity contribution is -0.151. The van der Waals surface area contributed by atoms with Crippen molar-refractivity contribution < 1.29 is 24.5 Å². The lowest BCUT2D eigenvalue weighted by Gasteiger charge is -2.24. The third kappa shape index (κ3) is 45.4. The summed E-state index contributed by atoms with van der Waals surface area (Å²) in [7, 11) is 0. The molecule has 0 saturated carbocycles. The van der Waals surface area contributed by atoms with Gasteiger partial charge in [-0.15, -0.1) is 0 Å². The van der Waals surface area contributed by atoms with Crippen molar-refractivity contribution in [3.63, 3.8) is 0 Å². The van der Waals surface area contributed by atoms with Crippen molar-refractivity contribution in [1.29, 1.82) is 0 Å². The van der Waals surface area contributed by atoms with Gasteiger partial charge in [0.05, 0.1) is 25.2 Å². The van der Waals surface area contributed by atoms with Gasteiger partial charge < -0.3 is 20.3 Å². The molecule has 6 nitrogen and oxygen atoms in total. The van der Waals surface area contributed by atoms with Gasteiger partial charge in [0.1, 0.15) is 6.10 Å². The van der Waals surface area contributed by atoms with Crippen LogP contribution in [0.3, 0.4) is 0 Å². The van der Waals surface area contributed by atoms with E-state index in [4.69, 9.17) is 4.74 Å². The number of unbranched alkanes of at least 4 members (excludes halogenated alkanes) is 25. The van der Waals surface area contributed by atoms with Crippen LogP contribution in [0.25, 0.3) is 0 Å². The maximum atomic E-state index is 13.2. The van der Waals surface area contributed by atoms with Gasteiger partial charge in [-0.3, -0.25) is 9.59 Å². The lowest BCUT2D eigenvalue weighted by atomic mass is 10.0. The summed E-state index contributed by atoms with van der Waals surface area (Å²) in [5.41, 5.74) is 0. The summed E-state index contributed by atoms with van der Waals surface area (Å²) in [6.07, 6.45) is 65.0. The average Bonchev–Trinajstić information content (AvgIpc) is 3.28. The average molecular weight is 878 g/mol. The van der Waals surface area contributed by atoms with Crippen molar-refractivity contribution >= 4 is 11.9 Å². The normalized spacial score (nSPS) is 13.9. The molecule has 3 unspecified atom stereocenters. The van der Waals surface area contributed by atoms with Gasteiger partial charge >= 0.3 is 5.97 Å². The molecule has 0 saturated heterocycles. The molecule has 3 atom stereocenters. The molecule has 0 aliphatic heterocycles. The molecule has 0 bridgehead atoms. The zero-order valence-corrected chi connectivity index (χ0v) is 41.2. The molecule has 0 aliphatic carbocycles. The van der Waals surface area contributed by atoms with Crippen molar-refractivity contribution in [1.82, 2.24) is 5.32 Å². The van der Waals surface area contributed by atoms with E-state index in [2.05, 4.69) is 50.4 Å². The summed E-state index contributed by atoms with van der Waals surface area (Å²) in [5.74, 6) is -0.570. The number of ether oxygens (including phenoxy) is 1. The first-order valence-electron chi connectivity index (χ1n) is 26.4. The van der Waals surface area contributed by atoms with Crippen molar-refractivity contribution in [2.24, 2.45) is 0 Å². The lowest BCUT2D eigenvalue weighted by Crippen LogP contribution is -2.46. The molecule has 0 heterocycles. The van der Waals surface area contributed by atoms with Gasteiger partial charge in [-0.2, -0.15) is 0 Å². The van der Waals surface area contributed by atoms with E-state index in [-0.39, 0.29) is 24.9 Å². The second-order valence-electron chi connectivity index (χ2n) is 17.7. The minimum atomic E-state index is -0.814. The zero-order chi connectivity index (χ0) is 45.9. The number of hydrogen-bond donors (Lipinski definition) is 3. The Balaban J connectivity index is 4.72. The molecule has 0 aromatic carbocycles. The standard InChI is InChI=1S/C57H99NO5/c1-4-7-10-13-16-19-22-25-28-30-33-36-39-42-45-48-53(63-57(62)50-47-44-41-38-35-32-27-24-21-18-15-12-9-6-3)51-56(61)58-54(52-59)55(60)49-46-43-40-37-34-31-29-26-23-20-17-14-11-8-5-2/h7,10,13,16,19,22,25,28,30,32-33,35-36,39,53-55,59-60H,4-6,8-9,11-12,14-15,17-18,20-21,23-24,26-27,29,31,34,37-38,40-52H2,1-3H3,(H,58,61)/b10-7-,16-13+,22-19+,28-25-,33-30+,35-32-,39-36+. The highest BCUT2D eigenvalue weighted by Gasteiger charge is 2.24. The maximum Gasteiger partial charge on any atom is 0.306 e. The topological polar surface area (TPSA) is 95.9 Å². The third-order valence-corrected chi connectivity index (χ3v) is 11.6. The number of carbonyl (C=O) groups excluding carboxylic acids is 2. The summed E-state index contributed by atoms with van der Waals surface area (Å²) in [4.78, 5) is 26.1. The predicted octanol–water partition coefficient (Wildman–Crippen LogP) is 16.0. The van der Waals surface area contributed by atoms with Crippen LogP contribution in [0.2, 0.25) is 0 Å². The Hall–Kier alpha value is -2.96. The minimum Gasteiger partial charge on any atom is -0.462 e. The fraction of sp³-hybridized carbons (Fsp3) is 0.719. The Morgan fingerprint density at radius 3 is 1.37 bits per heavy atom. The second kappa shape index (κ2) is 50.0. The molecular weight excluding hydrogens is 779 g/mol. The number of rotatable bonds is 46. The van der Waals surface area contributed by atoms with Crippen LogP contribution in [0, 0.1) is 0 Å². The van der Waals surface area contributed by atoms with E-state index in [0.29, 0.717) is 19.3 Å². The second-order valence-corrected chi connectivity index (χ2v) is 17.7. The molecular formula is C57H99NO5. The van der Waals surface area contributed by atoms with Crippen LogP contribution in [0.5, 0.6) is 0 Å². The van der Waals surface area contributed by atoms with Crippen LogP contribution in [-0.2, 0) is 14.3 Å². The van der Waals surface area contributed by atoms with Crippen LogP contribution in [0.1, 0.15) is 239 Å². The van der Waals surface area contributed by atoms with Gasteiger partial charge in [0.15, 0.2) is 0 Å². The number of allylic oxidation sites excluding steroid dienone is 14. The predicted molar refractivity (Wildman–Crippen MR) is 273 cm³/mol. The van der Waals surface area contributed by atoms with Crippen molar-refractivity contribution in [3.8, 4) is 0 Å². The molecule has 362 valence electrons. The van der Waals surface area contributed by atoms with Crippen LogP contribution in [-0.4, -0.2) is 46.9 Å². The van der Waals surface area contributed by atoms with E-state index in [1.54, 1.807) is 0 Å². The molecule has 6 heteroatoms. The Kier molecular flexibility index (Phi) is 47.7. The quantitative estimate of drug-likeness (QED) is 0.0245. The van der Waals surface area contributed by atoms with Crippen LogP contribution in [0.4, 0.5) is 0 Å². The number of aliphatic hydroxyl groups is 2. The van der Waals surface area contributed by atoms with E-state index in [1.807, 2.05) is 60.8 Å². The molecule has 0 aromatic heterocycles.